The molecule has 1 rings (SSSR count). The maximum Gasteiger partial charge on any atom is 0.0198 e. The van der Waals surface area contributed by atoms with E-state index >= 15 is 0 Å². The van der Waals surface area contributed by atoms with Crippen molar-refractivity contribution in [3.63, 3.8) is 0 Å². The van der Waals surface area contributed by atoms with Crippen LogP contribution >= 0.6 is 0 Å². The lowest BCUT2D eigenvalue weighted by atomic mass is 10.1. The second-order valence-corrected chi connectivity index (χ2v) is 3.90. The number of nitrogens with one attached hydrogen (secondary N) is 1. The Kier molecular flexibility index (Phi) is 6.35. The minimum atomic E-state index is 0.683. The first-order valence-corrected chi connectivity index (χ1v) is 5.61. The van der Waals surface area contributed by atoms with Crippen LogP contribution in [-0.4, -0.2) is 36.1 Å². The minimum absolute atomic E-state index is 0.683. The first-order valence-electron chi connectivity index (χ1n) is 5.61. The molecule has 1 aliphatic heterocycles. The Labute approximate surface area is 83.7 Å². The average molecular weight is 186 g/mol. The number of nitrogens with zero attached hydrogens (tertiary/aromatic N) is 1. The number of rotatable bonds is 1. The zero-order chi connectivity index (χ0) is 10.4. The smallest absolute Gasteiger partial charge is 0.0198 e. The van der Waals surface area contributed by atoms with Crippen molar-refractivity contribution in [2.75, 3.05) is 13.1 Å². The summed E-state index contributed by atoms with van der Waals surface area (Å²) in [5.41, 5.74) is 0. The lowest BCUT2D eigenvalue weighted by Crippen LogP contribution is -2.57. The number of hydrogen-bond acceptors (Lipinski definition) is 2. The third-order valence-corrected chi connectivity index (χ3v) is 2.49. The van der Waals surface area contributed by atoms with Gasteiger partial charge in [-0.3, -0.25) is 4.90 Å². The van der Waals surface area contributed by atoms with Crippen molar-refractivity contribution in [1.29, 1.82) is 0 Å². The molecule has 2 atom stereocenters. The monoisotopic (exact) mass is 186 g/mol. The summed E-state index contributed by atoms with van der Waals surface area (Å²) in [4.78, 5) is 2.58. The van der Waals surface area contributed by atoms with Gasteiger partial charge in [-0.25, -0.2) is 0 Å². The van der Waals surface area contributed by atoms with E-state index in [1.807, 2.05) is 13.8 Å². The molecule has 0 aromatic heterocycles. The fourth-order valence-corrected chi connectivity index (χ4v) is 2.16. The minimum Gasteiger partial charge on any atom is -0.314 e. The standard InChI is InChI=1S/C9H20N2.C2H6/c1-7(2)11-8(3)5-10-6-9(11)4;1-2/h7-10H,5-6H2,1-4H3;1-2H3. The predicted octanol–water partition coefficient (Wildman–Crippen LogP) is 2.10. The molecule has 0 radical (unpaired) electrons. The topological polar surface area (TPSA) is 15.3 Å². The summed E-state index contributed by atoms with van der Waals surface area (Å²) in [7, 11) is 0. The van der Waals surface area contributed by atoms with Gasteiger partial charge in [0.15, 0.2) is 0 Å². The maximum absolute atomic E-state index is 3.43. The van der Waals surface area contributed by atoms with Crippen LogP contribution in [-0.2, 0) is 0 Å². The molecular formula is C11H26N2. The fourth-order valence-electron chi connectivity index (χ4n) is 2.16. The molecule has 2 heteroatoms. The van der Waals surface area contributed by atoms with Crippen LogP contribution in [0.25, 0.3) is 0 Å². The van der Waals surface area contributed by atoms with Crippen molar-refractivity contribution in [3.8, 4) is 0 Å². The Morgan fingerprint density at radius 3 is 1.69 bits per heavy atom. The van der Waals surface area contributed by atoms with Crippen LogP contribution in [0.3, 0.4) is 0 Å². The molecule has 1 saturated heterocycles. The molecule has 1 aliphatic rings. The van der Waals surface area contributed by atoms with Crippen LogP contribution in [0.5, 0.6) is 0 Å². The highest BCUT2D eigenvalue weighted by atomic mass is 15.3. The lowest BCUT2D eigenvalue weighted by Gasteiger charge is -2.42. The zero-order valence-corrected chi connectivity index (χ0v) is 10.1. The van der Waals surface area contributed by atoms with Gasteiger partial charge in [0, 0.05) is 31.2 Å². The molecule has 2 unspecified atom stereocenters. The van der Waals surface area contributed by atoms with E-state index in [0.29, 0.717) is 18.1 Å². The van der Waals surface area contributed by atoms with Gasteiger partial charge in [-0.15, -0.1) is 0 Å². The quantitative estimate of drug-likeness (QED) is 0.674. The second-order valence-electron chi connectivity index (χ2n) is 3.90. The van der Waals surface area contributed by atoms with Crippen molar-refractivity contribution in [2.45, 2.75) is 59.7 Å². The first-order chi connectivity index (χ1) is 6.13. The lowest BCUT2D eigenvalue weighted by molar-refractivity contribution is 0.0827. The zero-order valence-electron chi connectivity index (χ0n) is 10.1. The summed E-state index contributed by atoms with van der Waals surface area (Å²) in [5, 5.41) is 3.43. The number of hydrogen-bond donors (Lipinski definition) is 1. The highest BCUT2D eigenvalue weighted by Gasteiger charge is 2.25. The molecule has 0 aliphatic carbocycles. The summed E-state index contributed by atoms with van der Waals surface area (Å²) in [6.45, 7) is 15.4. The average Bonchev–Trinajstić information content (AvgIpc) is 2.07. The molecule has 80 valence electrons. The molecule has 0 amide bonds. The Hall–Kier alpha value is -0.0800. The second kappa shape index (κ2) is 6.39. The van der Waals surface area contributed by atoms with Crippen LogP contribution in [0.4, 0.5) is 0 Å². The summed E-state index contributed by atoms with van der Waals surface area (Å²) in [6.07, 6.45) is 0. The van der Waals surface area contributed by atoms with E-state index in [4.69, 9.17) is 0 Å². The highest BCUT2D eigenvalue weighted by Crippen LogP contribution is 2.12. The van der Waals surface area contributed by atoms with Crippen molar-refractivity contribution >= 4 is 0 Å². The van der Waals surface area contributed by atoms with Gasteiger partial charge in [0.25, 0.3) is 0 Å². The molecule has 1 heterocycles. The number of piperazine rings is 1. The molecule has 2 nitrogen and oxygen atoms in total. The Morgan fingerprint density at radius 1 is 1.08 bits per heavy atom. The van der Waals surface area contributed by atoms with E-state index in [1.165, 1.54) is 0 Å². The van der Waals surface area contributed by atoms with E-state index in [2.05, 4.69) is 37.9 Å². The fraction of sp³-hybridized carbons (Fsp3) is 1.00. The van der Waals surface area contributed by atoms with Crippen molar-refractivity contribution in [3.05, 3.63) is 0 Å². The first kappa shape index (κ1) is 12.9. The van der Waals surface area contributed by atoms with Crippen LogP contribution in [0.15, 0.2) is 0 Å². The normalized spacial score (nSPS) is 29.8. The molecule has 1 fully saturated rings. The highest BCUT2D eigenvalue weighted by molar-refractivity contribution is 4.84. The SMILES string of the molecule is CC.CC(C)N1C(C)CNCC1C. The van der Waals surface area contributed by atoms with Gasteiger partial charge in [-0.2, -0.15) is 0 Å². The van der Waals surface area contributed by atoms with Gasteiger partial charge in [-0.05, 0) is 27.7 Å². The van der Waals surface area contributed by atoms with Gasteiger partial charge in [0.1, 0.15) is 0 Å². The summed E-state index contributed by atoms with van der Waals surface area (Å²) < 4.78 is 0. The Balaban J connectivity index is 0.000000671. The molecule has 0 bridgehead atoms. The van der Waals surface area contributed by atoms with Crippen LogP contribution in [0, 0.1) is 0 Å². The van der Waals surface area contributed by atoms with E-state index < -0.39 is 0 Å². The predicted molar refractivity (Wildman–Crippen MR) is 60.1 cm³/mol. The third kappa shape index (κ3) is 3.65. The summed E-state index contributed by atoms with van der Waals surface area (Å²) in [5.74, 6) is 0. The van der Waals surface area contributed by atoms with Gasteiger partial charge in [0.05, 0.1) is 0 Å². The van der Waals surface area contributed by atoms with E-state index in [-0.39, 0.29) is 0 Å². The molecule has 0 saturated carbocycles. The largest absolute Gasteiger partial charge is 0.314 e. The molecule has 0 aromatic carbocycles. The van der Waals surface area contributed by atoms with E-state index in [0.717, 1.165) is 13.1 Å². The Bertz CT molecular complexity index is 113. The molecule has 1 N–H and O–H groups in total. The van der Waals surface area contributed by atoms with Crippen LogP contribution < -0.4 is 5.32 Å². The van der Waals surface area contributed by atoms with Gasteiger partial charge >= 0.3 is 0 Å². The Morgan fingerprint density at radius 2 is 1.46 bits per heavy atom. The molecule has 13 heavy (non-hydrogen) atoms. The van der Waals surface area contributed by atoms with Crippen LogP contribution in [0.2, 0.25) is 0 Å². The van der Waals surface area contributed by atoms with Crippen molar-refractivity contribution in [2.24, 2.45) is 0 Å². The molecule has 0 aromatic rings. The third-order valence-electron chi connectivity index (χ3n) is 2.49. The van der Waals surface area contributed by atoms with Crippen molar-refractivity contribution in [1.82, 2.24) is 10.2 Å². The summed E-state index contributed by atoms with van der Waals surface area (Å²) in [6, 6.07) is 2.07. The summed E-state index contributed by atoms with van der Waals surface area (Å²) >= 11 is 0. The van der Waals surface area contributed by atoms with Gasteiger partial charge < -0.3 is 5.32 Å². The molecular weight excluding hydrogens is 160 g/mol. The maximum atomic E-state index is 3.43. The van der Waals surface area contributed by atoms with Gasteiger partial charge in [-0.1, -0.05) is 13.8 Å². The van der Waals surface area contributed by atoms with Crippen LogP contribution in [0.1, 0.15) is 41.5 Å². The molecule has 0 spiro atoms. The van der Waals surface area contributed by atoms with E-state index in [9.17, 15) is 0 Å². The van der Waals surface area contributed by atoms with Crippen molar-refractivity contribution < 1.29 is 0 Å². The van der Waals surface area contributed by atoms with Gasteiger partial charge in [0.2, 0.25) is 0 Å². The van der Waals surface area contributed by atoms with E-state index in [1.54, 1.807) is 0 Å².